The van der Waals surface area contributed by atoms with E-state index in [2.05, 4.69) is 36.9 Å². The third-order valence-corrected chi connectivity index (χ3v) is 4.06. The van der Waals surface area contributed by atoms with E-state index in [1.165, 1.54) is 5.56 Å². The van der Waals surface area contributed by atoms with E-state index < -0.39 is 0 Å². The molecule has 1 heterocycles. The summed E-state index contributed by atoms with van der Waals surface area (Å²) in [6, 6.07) is 6.59. The van der Waals surface area contributed by atoms with Gasteiger partial charge in [0.2, 0.25) is 0 Å². The van der Waals surface area contributed by atoms with Crippen LogP contribution in [-0.2, 0) is 6.54 Å². The third kappa shape index (κ3) is 3.19. The second kappa shape index (κ2) is 5.80. The van der Waals surface area contributed by atoms with Gasteiger partial charge in [-0.3, -0.25) is 4.90 Å². The Bertz CT molecular complexity index is 433. The summed E-state index contributed by atoms with van der Waals surface area (Å²) in [5.74, 6) is 1.52. The molecular formula is C15H25N3O. The maximum atomic E-state index is 6.09. The van der Waals surface area contributed by atoms with Crippen LogP contribution in [0.15, 0.2) is 18.2 Å². The Morgan fingerprint density at radius 3 is 2.63 bits per heavy atom. The van der Waals surface area contributed by atoms with Crippen LogP contribution in [0.2, 0.25) is 0 Å². The average Bonchev–Trinajstić information content (AvgIpc) is 2.73. The van der Waals surface area contributed by atoms with Crippen LogP contribution in [0.1, 0.15) is 12.5 Å². The SMILES string of the molecule is COc1ccc(CN2CC(C)C(N(C)C)C2)c(N)c1. The Labute approximate surface area is 116 Å². The van der Waals surface area contributed by atoms with E-state index in [9.17, 15) is 0 Å². The van der Waals surface area contributed by atoms with Gasteiger partial charge in [-0.1, -0.05) is 13.0 Å². The molecule has 0 spiro atoms. The van der Waals surface area contributed by atoms with Crippen LogP contribution in [0, 0.1) is 5.92 Å². The van der Waals surface area contributed by atoms with Crippen LogP contribution in [0.4, 0.5) is 5.69 Å². The van der Waals surface area contributed by atoms with Gasteiger partial charge in [0.15, 0.2) is 0 Å². The highest BCUT2D eigenvalue weighted by Gasteiger charge is 2.30. The van der Waals surface area contributed by atoms with E-state index in [1.807, 2.05) is 12.1 Å². The number of anilines is 1. The molecule has 2 N–H and O–H groups in total. The van der Waals surface area contributed by atoms with Crippen LogP contribution >= 0.6 is 0 Å². The van der Waals surface area contributed by atoms with Crippen LogP contribution < -0.4 is 10.5 Å². The summed E-state index contributed by atoms with van der Waals surface area (Å²) in [5.41, 5.74) is 8.09. The van der Waals surface area contributed by atoms with Gasteiger partial charge in [0.05, 0.1) is 7.11 Å². The molecule has 1 aliphatic rings. The highest BCUT2D eigenvalue weighted by atomic mass is 16.5. The Morgan fingerprint density at radius 2 is 2.11 bits per heavy atom. The van der Waals surface area contributed by atoms with Crippen molar-refractivity contribution in [2.75, 3.05) is 40.0 Å². The summed E-state index contributed by atoms with van der Waals surface area (Å²) >= 11 is 0. The van der Waals surface area contributed by atoms with Gasteiger partial charge in [-0.25, -0.2) is 0 Å². The van der Waals surface area contributed by atoms with Crippen LogP contribution in [-0.4, -0.2) is 50.1 Å². The molecule has 1 fully saturated rings. The lowest BCUT2D eigenvalue weighted by Gasteiger charge is -2.22. The predicted molar refractivity (Wildman–Crippen MR) is 79.3 cm³/mol. The number of likely N-dealkylation sites (tertiary alicyclic amines) is 1. The zero-order valence-electron chi connectivity index (χ0n) is 12.4. The average molecular weight is 263 g/mol. The number of nitrogen functional groups attached to an aromatic ring is 1. The van der Waals surface area contributed by atoms with Crippen molar-refractivity contribution in [1.29, 1.82) is 0 Å². The fourth-order valence-electron chi connectivity index (χ4n) is 2.93. The first-order chi connectivity index (χ1) is 9.01. The summed E-state index contributed by atoms with van der Waals surface area (Å²) in [6.45, 7) is 5.49. The van der Waals surface area contributed by atoms with Crippen molar-refractivity contribution in [2.24, 2.45) is 5.92 Å². The smallest absolute Gasteiger partial charge is 0.120 e. The van der Waals surface area contributed by atoms with E-state index in [-0.39, 0.29) is 0 Å². The van der Waals surface area contributed by atoms with Gasteiger partial charge in [-0.05, 0) is 31.6 Å². The second-order valence-corrected chi connectivity index (χ2v) is 5.77. The van der Waals surface area contributed by atoms with Gasteiger partial charge >= 0.3 is 0 Å². The van der Waals surface area contributed by atoms with Crippen molar-refractivity contribution in [2.45, 2.75) is 19.5 Å². The topological polar surface area (TPSA) is 41.7 Å². The number of methoxy groups -OCH3 is 1. The first kappa shape index (κ1) is 14.2. The largest absolute Gasteiger partial charge is 0.497 e. The molecule has 0 aromatic heterocycles. The Morgan fingerprint density at radius 1 is 1.37 bits per heavy atom. The van der Waals surface area contributed by atoms with Gasteiger partial charge < -0.3 is 15.4 Å². The standard InChI is InChI=1S/C15H25N3O/c1-11-8-18(10-15(11)17(2)3)9-12-5-6-13(19-4)7-14(12)16/h5-7,11,15H,8-10,16H2,1-4H3. The van der Waals surface area contributed by atoms with E-state index in [0.717, 1.165) is 31.1 Å². The summed E-state index contributed by atoms with van der Waals surface area (Å²) in [7, 11) is 5.98. The molecule has 2 atom stereocenters. The Hall–Kier alpha value is -1.26. The number of rotatable bonds is 4. The quantitative estimate of drug-likeness (QED) is 0.839. The molecule has 0 bridgehead atoms. The summed E-state index contributed by atoms with van der Waals surface area (Å²) < 4.78 is 5.19. The molecule has 106 valence electrons. The molecule has 0 aliphatic carbocycles. The summed E-state index contributed by atoms with van der Waals surface area (Å²) in [4.78, 5) is 4.80. The molecule has 19 heavy (non-hydrogen) atoms. The minimum atomic E-state index is 0.638. The zero-order valence-corrected chi connectivity index (χ0v) is 12.4. The molecule has 2 rings (SSSR count). The van der Waals surface area contributed by atoms with Crippen molar-refractivity contribution in [1.82, 2.24) is 9.80 Å². The van der Waals surface area contributed by atoms with Crippen molar-refractivity contribution in [3.05, 3.63) is 23.8 Å². The van der Waals surface area contributed by atoms with Gasteiger partial charge in [-0.15, -0.1) is 0 Å². The monoisotopic (exact) mass is 263 g/mol. The molecule has 1 aromatic rings. The molecular weight excluding hydrogens is 238 g/mol. The van der Waals surface area contributed by atoms with Gasteiger partial charge in [0, 0.05) is 37.4 Å². The minimum absolute atomic E-state index is 0.638. The summed E-state index contributed by atoms with van der Waals surface area (Å²) in [6.07, 6.45) is 0. The zero-order chi connectivity index (χ0) is 14.0. The maximum Gasteiger partial charge on any atom is 0.120 e. The lowest BCUT2D eigenvalue weighted by molar-refractivity contribution is 0.250. The van der Waals surface area contributed by atoms with Crippen molar-refractivity contribution < 1.29 is 4.74 Å². The Kier molecular flexibility index (Phi) is 4.32. The van der Waals surface area contributed by atoms with Gasteiger partial charge in [-0.2, -0.15) is 0 Å². The number of ether oxygens (including phenoxy) is 1. The highest BCUT2D eigenvalue weighted by Crippen LogP contribution is 2.25. The third-order valence-electron chi connectivity index (χ3n) is 4.06. The number of likely N-dealkylation sites (N-methyl/N-ethyl adjacent to an activating group) is 1. The lowest BCUT2D eigenvalue weighted by Crippen LogP contribution is -2.34. The number of hydrogen-bond donors (Lipinski definition) is 1. The lowest BCUT2D eigenvalue weighted by atomic mass is 10.1. The predicted octanol–water partition coefficient (Wildman–Crippen LogP) is 1.66. The highest BCUT2D eigenvalue weighted by molar-refractivity contribution is 5.51. The molecule has 1 aliphatic heterocycles. The Balaban J connectivity index is 2.03. The molecule has 4 nitrogen and oxygen atoms in total. The van der Waals surface area contributed by atoms with Gasteiger partial charge in [0.25, 0.3) is 0 Å². The maximum absolute atomic E-state index is 6.09. The molecule has 0 radical (unpaired) electrons. The minimum Gasteiger partial charge on any atom is -0.497 e. The fourth-order valence-corrected chi connectivity index (χ4v) is 2.93. The first-order valence-corrected chi connectivity index (χ1v) is 6.82. The molecule has 0 amide bonds. The summed E-state index contributed by atoms with van der Waals surface area (Å²) in [5, 5.41) is 0. The molecule has 2 unspecified atom stereocenters. The second-order valence-electron chi connectivity index (χ2n) is 5.77. The molecule has 1 saturated heterocycles. The van der Waals surface area contributed by atoms with E-state index >= 15 is 0 Å². The fraction of sp³-hybridized carbons (Fsp3) is 0.600. The van der Waals surface area contributed by atoms with E-state index in [0.29, 0.717) is 12.0 Å². The molecule has 0 saturated carbocycles. The van der Waals surface area contributed by atoms with Crippen LogP contribution in [0.3, 0.4) is 0 Å². The van der Waals surface area contributed by atoms with Crippen LogP contribution in [0.25, 0.3) is 0 Å². The van der Waals surface area contributed by atoms with Crippen molar-refractivity contribution in [3.8, 4) is 5.75 Å². The van der Waals surface area contributed by atoms with Crippen molar-refractivity contribution >= 4 is 5.69 Å². The van der Waals surface area contributed by atoms with Gasteiger partial charge in [0.1, 0.15) is 5.75 Å². The normalized spacial score (nSPS) is 24.1. The number of nitrogens with zero attached hydrogens (tertiary/aromatic N) is 2. The molecule has 4 heteroatoms. The van der Waals surface area contributed by atoms with E-state index in [1.54, 1.807) is 7.11 Å². The van der Waals surface area contributed by atoms with Crippen molar-refractivity contribution in [3.63, 3.8) is 0 Å². The van der Waals surface area contributed by atoms with E-state index in [4.69, 9.17) is 10.5 Å². The molecule has 1 aromatic carbocycles. The number of benzene rings is 1. The van der Waals surface area contributed by atoms with Crippen LogP contribution in [0.5, 0.6) is 5.75 Å². The number of hydrogen-bond acceptors (Lipinski definition) is 4. The first-order valence-electron chi connectivity index (χ1n) is 6.82. The number of nitrogens with two attached hydrogens (primary N) is 1.